The van der Waals surface area contributed by atoms with E-state index in [1.165, 1.54) is 12.1 Å². The van der Waals surface area contributed by atoms with Crippen LogP contribution in [0.5, 0.6) is 0 Å². The number of ether oxygens (including phenoxy) is 1. The van der Waals surface area contributed by atoms with Crippen LogP contribution in [0.25, 0.3) is 0 Å². The van der Waals surface area contributed by atoms with Gasteiger partial charge in [0.25, 0.3) is 0 Å². The molecule has 1 atom stereocenters. The van der Waals surface area contributed by atoms with Crippen LogP contribution in [-0.4, -0.2) is 67.5 Å². The third-order valence-electron chi connectivity index (χ3n) is 3.98. The highest BCUT2D eigenvalue weighted by Gasteiger charge is 2.25. The van der Waals surface area contributed by atoms with Crippen LogP contribution in [0.3, 0.4) is 0 Å². The molecule has 1 aliphatic rings. The summed E-state index contributed by atoms with van der Waals surface area (Å²) in [6, 6.07) is 6.30. The molecule has 6 nitrogen and oxygen atoms in total. The van der Waals surface area contributed by atoms with Gasteiger partial charge in [0, 0.05) is 32.7 Å². The van der Waals surface area contributed by atoms with Crippen LogP contribution in [0.4, 0.5) is 4.39 Å². The Bertz CT molecular complexity index is 543. The molecule has 1 aromatic carbocycles. The first kappa shape index (κ1) is 19.6. The molecule has 1 unspecified atom stereocenters. The Morgan fingerprint density at radius 3 is 2.60 bits per heavy atom. The lowest BCUT2D eigenvalue weighted by Gasteiger charge is -2.34. The van der Waals surface area contributed by atoms with Gasteiger partial charge in [0.05, 0.1) is 25.4 Å². The van der Waals surface area contributed by atoms with E-state index >= 15 is 0 Å². The van der Waals surface area contributed by atoms with Crippen molar-refractivity contribution in [3.63, 3.8) is 0 Å². The summed E-state index contributed by atoms with van der Waals surface area (Å²) in [6.45, 7) is 9.06. The Morgan fingerprint density at radius 2 is 1.96 bits per heavy atom. The van der Waals surface area contributed by atoms with Crippen LogP contribution >= 0.6 is 0 Å². The average Bonchev–Trinajstić information content (AvgIpc) is 2.59. The summed E-state index contributed by atoms with van der Waals surface area (Å²) in [5.41, 5.74) is 0.0577. The third kappa shape index (κ3) is 7.37. The molecule has 0 saturated carbocycles. The SMILES string of the molecule is CCNC(=NCc1ccc(F)cc1)NCC(C)(O)CN1CCOCC1. The van der Waals surface area contributed by atoms with Gasteiger partial charge in [-0.05, 0) is 31.5 Å². The Balaban J connectivity index is 1.86. The molecule has 7 heteroatoms. The molecular formula is C18H29FN4O2. The number of nitrogens with one attached hydrogen (secondary N) is 2. The number of rotatable bonds is 7. The highest BCUT2D eigenvalue weighted by atomic mass is 19.1. The predicted octanol–water partition coefficient (Wildman–Crippen LogP) is 0.964. The summed E-state index contributed by atoms with van der Waals surface area (Å²) in [6.07, 6.45) is 0. The normalized spacial score (nSPS) is 18.6. The first-order valence-corrected chi connectivity index (χ1v) is 8.77. The van der Waals surface area contributed by atoms with Crippen LogP contribution in [-0.2, 0) is 11.3 Å². The van der Waals surface area contributed by atoms with Crippen molar-refractivity contribution < 1.29 is 14.2 Å². The summed E-state index contributed by atoms with van der Waals surface area (Å²) < 4.78 is 18.3. The molecule has 0 amide bonds. The molecule has 2 rings (SSSR count). The second kappa shape index (κ2) is 9.70. The fraction of sp³-hybridized carbons (Fsp3) is 0.611. The number of aliphatic imine (C=N–C) groups is 1. The smallest absolute Gasteiger partial charge is 0.191 e. The standard InChI is InChI=1S/C18H29FN4O2/c1-3-20-17(21-12-15-4-6-16(19)7-5-15)22-13-18(2,24)14-23-8-10-25-11-9-23/h4-7,24H,3,8-14H2,1-2H3,(H2,20,21,22). The second-order valence-electron chi connectivity index (χ2n) is 6.56. The molecule has 1 aliphatic heterocycles. The van der Waals surface area contributed by atoms with Crippen molar-refractivity contribution in [2.75, 3.05) is 45.9 Å². The Kier molecular flexibility index (Phi) is 7.61. The minimum absolute atomic E-state index is 0.253. The number of aliphatic hydroxyl groups is 1. The third-order valence-corrected chi connectivity index (χ3v) is 3.98. The molecular weight excluding hydrogens is 323 g/mol. The van der Waals surface area contributed by atoms with Gasteiger partial charge in [-0.15, -0.1) is 0 Å². The summed E-state index contributed by atoms with van der Waals surface area (Å²) in [7, 11) is 0. The zero-order chi connectivity index (χ0) is 18.1. The van der Waals surface area contributed by atoms with E-state index in [1.54, 1.807) is 12.1 Å². The summed E-state index contributed by atoms with van der Waals surface area (Å²) in [5, 5.41) is 17.0. The fourth-order valence-electron chi connectivity index (χ4n) is 2.67. The summed E-state index contributed by atoms with van der Waals surface area (Å²) in [4.78, 5) is 6.69. The fourth-order valence-corrected chi connectivity index (χ4v) is 2.67. The van der Waals surface area contributed by atoms with E-state index in [0.29, 0.717) is 38.8 Å². The molecule has 0 aromatic heterocycles. The van der Waals surface area contributed by atoms with E-state index in [9.17, 15) is 9.50 Å². The van der Waals surface area contributed by atoms with Crippen LogP contribution in [0.2, 0.25) is 0 Å². The quantitative estimate of drug-likeness (QED) is 0.504. The van der Waals surface area contributed by atoms with Gasteiger partial charge in [-0.25, -0.2) is 9.38 Å². The zero-order valence-electron chi connectivity index (χ0n) is 15.1. The lowest BCUT2D eigenvalue weighted by Crippen LogP contribution is -2.52. The maximum absolute atomic E-state index is 13.0. The highest BCUT2D eigenvalue weighted by Crippen LogP contribution is 2.08. The lowest BCUT2D eigenvalue weighted by atomic mass is 10.1. The maximum atomic E-state index is 13.0. The molecule has 1 fully saturated rings. The van der Waals surface area contributed by atoms with Gasteiger partial charge >= 0.3 is 0 Å². The van der Waals surface area contributed by atoms with Crippen LogP contribution in [0, 0.1) is 5.82 Å². The van der Waals surface area contributed by atoms with Crippen molar-refractivity contribution in [2.45, 2.75) is 26.0 Å². The molecule has 0 spiro atoms. The number of β-amino-alcohol motifs (C(OH)–C–C–N with tert-alkyl or cyclic N) is 1. The Hall–Kier alpha value is -1.70. The molecule has 3 N–H and O–H groups in total. The molecule has 0 aliphatic carbocycles. The number of guanidine groups is 1. The second-order valence-corrected chi connectivity index (χ2v) is 6.56. The van der Waals surface area contributed by atoms with Gasteiger partial charge in [-0.2, -0.15) is 0 Å². The van der Waals surface area contributed by atoms with Crippen LogP contribution < -0.4 is 10.6 Å². The molecule has 1 heterocycles. The number of hydrogen-bond donors (Lipinski definition) is 3. The number of halogens is 1. The Labute approximate surface area is 149 Å². The molecule has 0 bridgehead atoms. The molecule has 1 aromatic rings. The number of nitrogens with zero attached hydrogens (tertiary/aromatic N) is 2. The molecule has 140 valence electrons. The number of benzene rings is 1. The van der Waals surface area contributed by atoms with E-state index in [4.69, 9.17) is 4.74 Å². The van der Waals surface area contributed by atoms with Crippen LogP contribution in [0.1, 0.15) is 19.4 Å². The van der Waals surface area contributed by atoms with Gasteiger partial charge in [0.1, 0.15) is 5.82 Å². The number of morpholine rings is 1. The van der Waals surface area contributed by atoms with Gasteiger partial charge in [-0.1, -0.05) is 12.1 Å². The molecule has 1 saturated heterocycles. The minimum atomic E-state index is -0.872. The summed E-state index contributed by atoms with van der Waals surface area (Å²) in [5.74, 6) is 0.381. The van der Waals surface area contributed by atoms with E-state index in [-0.39, 0.29) is 5.82 Å². The average molecular weight is 352 g/mol. The van der Waals surface area contributed by atoms with Crippen molar-refractivity contribution in [3.8, 4) is 0 Å². The molecule has 0 radical (unpaired) electrons. The minimum Gasteiger partial charge on any atom is -0.387 e. The largest absolute Gasteiger partial charge is 0.387 e. The first-order chi connectivity index (χ1) is 12.0. The van der Waals surface area contributed by atoms with E-state index in [1.807, 2.05) is 13.8 Å². The predicted molar refractivity (Wildman–Crippen MR) is 97.1 cm³/mol. The van der Waals surface area contributed by atoms with Gasteiger partial charge in [-0.3, -0.25) is 4.90 Å². The van der Waals surface area contributed by atoms with Crippen LogP contribution in [0.15, 0.2) is 29.3 Å². The van der Waals surface area contributed by atoms with E-state index in [2.05, 4.69) is 20.5 Å². The first-order valence-electron chi connectivity index (χ1n) is 8.77. The van der Waals surface area contributed by atoms with Crippen molar-refractivity contribution in [2.24, 2.45) is 4.99 Å². The van der Waals surface area contributed by atoms with Crippen molar-refractivity contribution in [1.82, 2.24) is 15.5 Å². The zero-order valence-corrected chi connectivity index (χ0v) is 15.1. The summed E-state index contributed by atoms with van der Waals surface area (Å²) >= 11 is 0. The molecule has 25 heavy (non-hydrogen) atoms. The Morgan fingerprint density at radius 1 is 1.28 bits per heavy atom. The number of hydrogen-bond acceptors (Lipinski definition) is 4. The van der Waals surface area contributed by atoms with Crippen molar-refractivity contribution in [1.29, 1.82) is 0 Å². The van der Waals surface area contributed by atoms with E-state index < -0.39 is 5.60 Å². The van der Waals surface area contributed by atoms with Crippen molar-refractivity contribution in [3.05, 3.63) is 35.6 Å². The van der Waals surface area contributed by atoms with E-state index in [0.717, 1.165) is 25.2 Å². The lowest BCUT2D eigenvalue weighted by molar-refractivity contribution is -0.0201. The van der Waals surface area contributed by atoms with Gasteiger partial charge < -0.3 is 20.5 Å². The van der Waals surface area contributed by atoms with Crippen molar-refractivity contribution >= 4 is 5.96 Å². The maximum Gasteiger partial charge on any atom is 0.191 e. The van der Waals surface area contributed by atoms with Gasteiger partial charge in [0.2, 0.25) is 0 Å². The van der Waals surface area contributed by atoms with Gasteiger partial charge in [0.15, 0.2) is 5.96 Å². The monoisotopic (exact) mass is 352 g/mol. The highest BCUT2D eigenvalue weighted by molar-refractivity contribution is 5.79. The topological polar surface area (TPSA) is 69.1 Å².